The fourth-order valence-electron chi connectivity index (χ4n) is 3.08. The third-order valence-electron chi connectivity index (χ3n) is 4.78. The maximum atomic E-state index is 13.2. The molecular weight excluding hydrogens is 287 g/mol. The van der Waals surface area contributed by atoms with Crippen molar-refractivity contribution in [1.29, 1.82) is 0 Å². The Morgan fingerprint density at radius 1 is 1.00 bits per heavy atom. The predicted molar refractivity (Wildman–Crippen MR) is 96.1 cm³/mol. The van der Waals surface area contributed by atoms with Crippen LogP contribution in [0, 0.1) is 11.2 Å². The molecule has 0 spiro atoms. The minimum atomic E-state index is -0.203. The lowest BCUT2D eigenvalue weighted by molar-refractivity contribution is -0.109. The summed E-state index contributed by atoms with van der Waals surface area (Å²) in [7, 11) is 0. The van der Waals surface area contributed by atoms with Crippen molar-refractivity contribution in [3.8, 4) is 0 Å². The van der Waals surface area contributed by atoms with Crippen molar-refractivity contribution in [2.75, 3.05) is 0 Å². The van der Waals surface area contributed by atoms with Crippen LogP contribution in [0.15, 0.2) is 36.4 Å². The Morgan fingerprint density at radius 2 is 1.65 bits per heavy atom. The van der Waals surface area contributed by atoms with E-state index in [9.17, 15) is 9.18 Å². The first-order chi connectivity index (χ1) is 10.9. The number of halogens is 1. The maximum Gasteiger partial charge on any atom is 0.123 e. The highest BCUT2D eigenvalue weighted by Crippen LogP contribution is 2.35. The van der Waals surface area contributed by atoms with Crippen molar-refractivity contribution in [3.63, 3.8) is 0 Å². The lowest BCUT2D eigenvalue weighted by atomic mass is 9.74. The van der Waals surface area contributed by atoms with E-state index in [4.69, 9.17) is 0 Å². The molecule has 0 N–H and O–H groups in total. The molecule has 0 saturated carbocycles. The SMILES string of the molecule is CCCC[C@@](C)(/C=C/[C@](C)(CCC)c1ccc(F)cc1)CC=O. The van der Waals surface area contributed by atoms with Crippen molar-refractivity contribution in [2.45, 2.75) is 71.6 Å². The van der Waals surface area contributed by atoms with Gasteiger partial charge in [0, 0.05) is 11.8 Å². The quantitative estimate of drug-likeness (QED) is 0.369. The van der Waals surface area contributed by atoms with Crippen LogP contribution in [-0.4, -0.2) is 6.29 Å². The first-order valence-electron chi connectivity index (χ1n) is 8.79. The van der Waals surface area contributed by atoms with Crippen molar-refractivity contribution in [1.82, 2.24) is 0 Å². The zero-order valence-corrected chi connectivity index (χ0v) is 15.1. The van der Waals surface area contributed by atoms with Gasteiger partial charge in [0.15, 0.2) is 0 Å². The van der Waals surface area contributed by atoms with Crippen LogP contribution in [0.25, 0.3) is 0 Å². The molecule has 0 fully saturated rings. The van der Waals surface area contributed by atoms with Gasteiger partial charge in [-0.2, -0.15) is 0 Å². The smallest absolute Gasteiger partial charge is 0.123 e. The van der Waals surface area contributed by atoms with Crippen LogP contribution < -0.4 is 0 Å². The lowest BCUT2D eigenvalue weighted by Gasteiger charge is -2.30. The molecule has 1 aromatic carbocycles. The van der Waals surface area contributed by atoms with Gasteiger partial charge in [-0.15, -0.1) is 0 Å². The van der Waals surface area contributed by atoms with Gasteiger partial charge in [0.05, 0.1) is 0 Å². The number of allylic oxidation sites excluding steroid dienone is 2. The zero-order chi connectivity index (χ0) is 17.3. The van der Waals surface area contributed by atoms with Crippen LogP contribution in [0.1, 0.15) is 71.8 Å². The summed E-state index contributed by atoms with van der Waals surface area (Å²) in [6, 6.07) is 6.80. The highest BCUT2D eigenvalue weighted by molar-refractivity contribution is 5.51. The molecule has 0 amide bonds. The second-order valence-corrected chi connectivity index (χ2v) is 7.14. The maximum absolute atomic E-state index is 13.2. The van der Waals surface area contributed by atoms with Gasteiger partial charge in [0.2, 0.25) is 0 Å². The lowest BCUT2D eigenvalue weighted by Crippen LogP contribution is -2.21. The molecule has 0 unspecified atom stereocenters. The van der Waals surface area contributed by atoms with E-state index in [0.29, 0.717) is 6.42 Å². The fraction of sp³-hybridized carbons (Fsp3) is 0.571. The van der Waals surface area contributed by atoms with Crippen LogP contribution in [0.3, 0.4) is 0 Å². The molecular formula is C21H31FO. The molecule has 0 aliphatic heterocycles. The standard InChI is InChI=1S/C21H31FO/c1-5-7-13-20(3,16-17-23)14-15-21(4,12-6-2)18-8-10-19(22)11-9-18/h8-11,14-15,17H,5-7,12-13,16H2,1-4H3/b15-14+/t20-,21-/m0/s1. The Kier molecular flexibility index (Phi) is 7.67. The molecule has 23 heavy (non-hydrogen) atoms. The van der Waals surface area contributed by atoms with Crippen LogP contribution in [0.2, 0.25) is 0 Å². The molecule has 2 heteroatoms. The summed E-state index contributed by atoms with van der Waals surface area (Å²) in [6.07, 6.45) is 11.4. The van der Waals surface area contributed by atoms with Gasteiger partial charge in [-0.3, -0.25) is 0 Å². The summed E-state index contributed by atoms with van der Waals surface area (Å²) >= 11 is 0. The minimum Gasteiger partial charge on any atom is -0.303 e. The Bertz CT molecular complexity index is 505. The molecule has 1 aromatic rings. The molecule has 2 atom stereocenters. The van der Waals surface area contributed by atoms with Crippen LogP contribution in [-0.2, 0) is 10.2 Å². The Labute approximate surface area is 141 Å². The zero-order valence-electron chi connectivity index (χ0n) is 15.1. The van der Waals surface area contributed by atoms with Gasteiger partial charge < -0.3 is 4.79 Å². The van der Waals surface area contributed by atoms with Gasteiger partial charge in [-0.1, -0.05) is 71.2 Å². The van der Waals surface area contributed by atoms with E-state index in [2.05, 4.69) is 39.8 Å². The van der Waals surface area contributed by atoms with Gasteiger partial charge in [0.1, 0.15) is 12.1 Å². The summed E-state index contributed by atoms with van der Waals surface area (Å²) in [5.74, 6) is -0.203. The van der Waals surface area contributed by atoms with Crippen LogP contribution in [0.4, 0.5) is 4.39 Å². The average molecular weight is 318 g/mol. The number of hydrogen-bond donors (Lipinski definition) is 0. The number of rotatable bonds is 10. The molecule has 0 heterocycles. The number of carbonyl (C=O) groups excluding carboxylic acids is 1. The van der Waals surface area contributed by atoms with Crippen molar-refractivity contribution < 1.29 is 9.18 Å². The van der Waals surface area contributed by atoms with E-state index in [1.807, 2.05) is 12.1 Å². The normalized spacial score (nSPS) is 16.9. The molecule has 0 aliphatic carbocycles. The monoisotopic (exact) mass is 318 g/mol. The Balaban J connectivity index is 3.07. The van der Waals surface area contributed by atoms with E-state index in [0.717, 1.165) is 44.0 Å². The molecule has 1 nitrogen and oxygen atoms in total. The highest BCUT2D eigenvalue weighted by Gasteiger charge is 2.26. The average Bonchev–Trinajstić information content (AvgIpc) is 2.52. The molecule has 0 bridgehead atoms. The van der Waals surface area contributed by atoms with E-state index in [-0.39, 0.29) is 16.6 Å². The second kappa shape index (κ2) is 9.00. The van der Waals surface area contributed by atoms with E-state index in [1.165, 1.54) is 12.1 Å². The van der Waals surface area contributed by atoms with Crippen LogP contribution >= 0.6 is 0 Å². The molecule has 1 rings (SSSR count). The minimum absolute atomic E-state index is 0.0905. The van der Waals surface area contributed by atoms with Crippen molar-refractivity contribution in [3.05, 3.63) is 47.8 Å². The second-order valence-electron chi connectivity index (χ2n) is 7.14. The summed E-state index contributed by atoms with van der Waals surface area (Å²) in [5.41, 5.74) is 0.909. The first kappa shape index (κ1) is 19.6. The Hall–Kier alpha value is -1.44. The van der Waals surface area contributed by atoms with Gasteiger partial charge >= 0.3 is 0 Å². The van der Waals surface area contributed by atoms with E-state index in [1.54, 1.807) is 0 Å². The highest BCUT2D eigenvalue weighted by atomic mass is 19.1. The Morgan fingerprint density at radius 3 is 2.17 bits per heavy atom. The predicted octanol–water partition coefficient (Wildman–Crippen LogP) is 6.23. The molecule has 0 radical (unpaired) electrons. The fourth-order valence-corrected chi connectivity index (χ4v) is 3.08. The topological polar surface area (TPSA) is 17.1 Å². The van der Waals surface area contributed by atoms with Gasteiger partial charge in [0.25, 0.3) is 0 Å². The third kappa shape index (κ3) is 5.93. The summed E-state index contributed by atoms with van der Waals surface area (Å²) in [6.45, 7) is 8.69. The van der Waals surface area contributed by atoms with E-state index >= 15 is 0 Å². The number of aldehydes is 1. The van der Waals surface area contributed by atoms with E-state index < -0.39 is 0 Å². The largest absolute Gasteiger partial charge is 0.303 e. The van der Waals surface area contributed by atoms with Crippen molar-refractivity contribution in [2.24, 2.45) is 5.41 Å². The third-order valence-corrected chi connectivity index (χ3v) is 4.78. The summed E-state index contributed by atoms with van der Waals surface area (Å²) in [5, 5.41) is 0. The number of benzene rings is 1. The number of unbranched alkanes of at least 4 members (excludes halogenated alkanes) is 1. The number of carbonyl (C=O) groups is 1. The number of hydrogen-bond acceptors (Lipinski definition) is 1. The van der Waals surface area contributed by atoms with Crippen molar-refractivity contribution >= 4 is 6.29 Å². The summed E-state index contributed by atoms with van der Waals surface area (Å²) < 4.78 is 13.2. The molecule has 0 aromatic heterocycles. The van der Waals surface area contributed by atoms with Gasteiger partial charge in [-0.05, 0) is 36.0 Å². The van der Waals surface area contributed by atoms with Crippen LogP contribution in [0.5, 0.6) is 0 Å². The molecule has 0 saturated heterocycles. The van der Waals surface area contributed by atoms with Gasteiger partial charge in [-0.25, -0.2) is 4.39 Å². The molecule has 128 valence electrons. The molecule has 0 aliphatic rings. The first-order valence-corrected chi connectivity index (χ1v) is 8.79. The summed E-state index contributed by atoms with van der Waals surface area (Å²) in [4.78, 5) is 11.1.